The van der Waals surface area contributed by atoms with Crippen LogP contribution in [0.2, 0.25) is 0 Å². The molecule has 0 unspecified atom stereocenters. The van der Waals surface area contributed by atoms with Crippen LogP contribution in [0.4, 0.5) is 4.39 Å². The molecule has 0 bridgehead atoms. The Balaban J connectivity index is 1.49. The summed E-state index contributed by atoms with van der Waals surface area (Å²) in [6, 6.07) is 10.3. The van der Waals surface area contributed by atoms with Gasteiger partial charge in [-0.15, -0.1) is 0 Å². The third-order valence-corrected chi connectivity index (χ3v) is 6.85. The number of piperidine rings is 1. The van der Waals surface area contributed by atoms with Crippen molar-refractivity contribution in [3.63, 3.8) is 0 Å². The Kier molecular flexibility index (Phi) is 5.91. The first-order valence-electron chi connectivity index (χ1n) is 11.0. The average molecular weight is 527 g/mol. The van der Waals surface area contributed by atoms with Crippen LogP contribution in [0.15, 0.2) is 64.1 Å². The first-order chi connectivity index (χ1) is 16.4. The highest BCUT2D eigenvalue weighted by Gasteiger charge is 2.50. The summed E-state index contributed by atoms with van der Waals surface area (Å²) in [4.78, 5) is 12.1. The number of hydrogen-bond acceptors (Lipinski definition) is 6. The molecular weight excluding hydrogens is 503 g/mol. The standard InChI is InChI=1S/C25H24BrFN4O3/c1-16-13-30(15-28-16)22-8-5-17(11-23(22)33-2)10-18-4-3-9-31-24(18)29-34-25(31,14-32)20-7-6-19(27)12-21(20)26/h5-8,10-13,15,32H,3-4,9,14H2,1-2H3/b18-10+/t25-/m1/s1. The van der Waals surface area contributed by atoms with Gasteiger partial charge in [-0.1, -0.05) is 27.2 Å². The summed E-state index contributed by atoms with van der Waals surface area (Å²) in [6.45, 7) is 2.27. The lowest BCUT2D eigenvalue weighted by Crippen LogP contribution is -2.51. The molecule has 0 spiro atoms. The maximum Gasteiger partial charge on any atom is 0.261 e. The zero-order valence-corrected chi connectivity index (χ0v) is 20.4. The van der Waals surface area contributed by atoms with Crippen LogP contribution in [-0.2, 0) is 10.6 Å². The minimum absolute atomic E-state index is 0.329. The van der Waals surface area contributed by atoms with Gasteiger partial charge in [0, 0.05) is 22.8 Å². The number of ether oxygens (including phenoxy) is 1. The molecule has 1 fully saturated rings. The highest BCUT2D eigenvalue weighted by atomic mass is 79.9. The number of aliphatic hydroxyl groups is 1. The second-order valence-corrected chi connectivity index (χ2v) is 9.21. The van der Waals surface area contributed by atoms with E-state index in [1.54, 1.807) is 19.5 Å². The Morgan fingerprint density at radius 3 is 2.85 bits per heavy atom. The summed E-state index contributed by atoms with van der Waals surface area (Å²) in [6.07, 6.45) is 7.44. The largest absolute Gasteiger partial charge is 0.495 e. The van der Waals surface area contributed by atoms with E-state index in [1.807, 2.05) is 40.8 Å². The molecule has 2 aromatic carbocycles. The highest BCUT2D eigenvalue weighted by Crippen LogP contribution is 2.43. The van der Waals surface area contributed by atoms with Crippen LogP contribution in [0.25, 0.3) is 11.8 Å². The van der Waals surface area contributed by atoms with Crippen molar-refractivity contribution in [2.24, 2.45) is 5.16 Å². The fraction of sp³-hybridized carbons (Fsp3) is 0.280. The van der Waals surface area contributed by atoms with Crippen molar-refractivity contribution in [1.29, 1.82) is 0 Å². The van der Waals surface area contributed by atoms with Crippen molar-refractivity contribution >= 4 is 27.8 Å². The Hall–Kier alpha value is -3.17. The molecule has 3 heterocycles. The number of imidazole rings is 1. The number of aromatic nitrogens is 2. The lowest BCUT2D eigenvalue weighted by molar-refractivity contribution is -0.137. The summed E-state index contributed by atoms with van der Waals surface area (Å²) < 4.78 is 21.8. The molecule has 5 rings (SSSR count). The number of hydrogen-bond donors (Lipinski definition) is 1. The van der Waals surface area contributed by atoms with Crippen molar-refractivity contribution in [2.75, 3.05) is 20.3 Å². The SMILES string of the molecule is COc1cc(/C=C2\CCCN3C2=NO[C@]3(CO)c2ccc(F)cc2Br)ccc1-n1cnc(C)c1. The van der Waals surface area contributed by atoms with E-state index < -0.39 is 5.72 Å². The molecule has 1 N–H and O–H groups in total. The van der Waals surface area contributed by atoms with Crippen LogP contribution in [0.5, 0.6) is 5.75 Å². The van der Waals surface area contributed by atoms with Gasteiger partial charge in [0.2, 0.25) is 0 Å². The van der Waals surface area contributed by atoms with Crippen LogP contribution in [0, 0.1) is 12.7 Å². The second-order valence-electron chi connectivity index (χ2n) is 8.35. The number of fused-ring (bicyclic) bond motifs is 1. The lowest BCUT2D eigenvalue weighted by atomic mass is 9.94. The highest BCUT2D eigenvalue weighted by molar-refractivity contribution is 9.10. The predicted octanol–water partition coefficient (Wildman–Crippen LogP) is 4.76. The smallest absolute Gasteiger partial charge is 0.261 e. The van der Waals surface area contributed by atoms with Gasteiger partial charge in [-0.25, -0.2) is 9.37 Å². The van der Waals surface area contributed by atoms with Gasteiger partial charge < -0.3 is 24.1 Å². The minimum atomic E-state index is -1.21. The van der Waals surface area contributed by atoms with Gasteiger partial charge in [0.25, 0.3) is 5.72 Å². The average Bonchev–Trinajstić information content (AvgIpc) is 3.44. The molecule has 2 aliphatic rings. The molecule has 0 amide bonds. The first kappa shape index (κ1) is 22.6. The molecule has 1 saturated heterocycles. The number of benzene rings is 2. The van der Waals surface area contributed by atoms with Gasteiger partial charge in [-0.05, 0) is 67.3 Å². The predicted molar refractivity (Wildman–Crippen MR) is 130 cm³/mol. The quantitative estimate of drug-likeness (QED) is 0.518. The maximum absolute atomic E-state index is 13.7. The van der Waals surface area contributed by atoms with Gasteiger partial charge in [0.1, 0.15) is 18.2 Å². The number of methoxy groups -OCH3 is 1. The molecule has 0 radical (unpaired) electrons. The summed E-state index contributed by atoms with van der Waals surface area (Å²) in [7, 11) is 1.65. The number of rotatable bonds is 5. The van der Waals surface area contributed by atoms with Gasteiger partial charge in [-0.2, -0.15) is 0 Å². The van der Waals surface area contributed by atoms with E-state index >= 15 is 0 Å². The van der Waals surface area contributed by atoms with Crippen molar-refractivity contribution in [3.05, 3.63) is 81.6 Å². The van der Waals surface area contributed by atoms with Crippen molar-refractivity contribution in [1.82, 2.24) is 14.5 Å². The second kappa shape index (κ2) is 8.88. The van der Waals surface area contributed by atoms with E-state index in [4.69, 9.17) is 9.57 Å². The van der Waals surface area contributed by atoms with Crippen molar-refractivity contribution in [3.8, 4) is 11.4 Å². The summed E-state index contributed by atoms with van der Waals surface area (Å²) >= 11 is 3.42. The fourth-order valence-electron chi connectivity index (χ4n) is 4.53. The van der Waals surface area contributed by atoms with Gasteiger partial charge in [-0.3, -0.25) is 0 Å². The topological polar surface area (TPSA) is 72.1 Å². The van der Waals surface area contributed by atoms with Crippen LogP contribution < -0.4 is 4.74 Å². The molecular formula is C25H24BrFN4O3. The minimum Gasteiger partial charge on any atom is -0.495 e. The van der Waals surface area contributed by atoms with Gasteiger partial charge in [0.15, 0.2) is 5.84 Å². The van der Waals surface area contributed by atoms with E-state index in [-0.39, 0.29) is 12.4 Å². The van der Waals surface area contributed by atoms with Crippen molar-refractivity contribution < 1.29 is 19.1 Å². The Morgan fingerprint density at radius 2 is 2.15 bits per heavy atom. The molecule has 2 aliphatic heterocycles. The zero-order valence-electron chi connectivity index (χ0n) is 18.8. The molecule has 176 valence electrons. The number of oxime groups is 1. The van der Waals surface area contributed by atoms with E-state index in [9.17, 15) is 9.50 Å². The summed E-state index contributed by atoms with van der Waals surface area (Å²) in [5.74, 6) is 1.03. The maximum atomic E-state index is 13.7. The van der Waals surface area contributed by atoms with E-state index in [0.29, 0.717) is 22.4 Å². The Bertz CT molecular complexity index is 1310. The summed E-state index contributed by atoms with van der Waals surface area (Å²) in [5.41, 5.74) is 3.20. The fourth-order valence-corrected chi connectivity index (χ4v) is 5.20. The van der Waals surface area contributed by atoms with Gasteiger partial charge >= 0.3 is 0 Å². The summed E-state index contributed by atoms with van der Waals surface area (Å²) in [5, 5.41) is 14.8. The van der Waals surface area contributed by atoms with E-state index in [1.165, 1.54) is 12.1 Å². The van der Waals surface area contributed by atoms with Crippen LogP contribution in [-0.4, -0.2) is 45.7 Å². The van der Waals surface area contributed by atoms with E-state index in [2.05, 4.69) is 32.1 Å². The van der Waals surface area contributed by atoms with Crippen LogP contribution in [0.1, 0.15) is 29.7 Å². The molecule has 0 saturated carbocycles. The Labute approximate surface area is 205 Å². The number of amidine groups is 1. The number of halogens is 2. The normalized spacial score (nSPS) is 20.8. The third-order valence-electron chi connectivity index (χ3n) is 6.19. The molecule has 3 aromatic rings. The number of aliphatic hydroxyl groups excluding tert-OH is 1. The van der Waals surface area contributed by atoms with Gasteiger partial charge in [0.05, 0.1) is 24.8 Å². The van der Waals surface area contributed by atoms with Crippen molar-refractivity contribution in [2.45, 2.75) is 25.5 Å². The van der Waals surface area contributed by atoms with Crippen LogP contribution >= 0.6 is 15.9 Å². The molecule has 34 heavy (non-hydrogen) atoms. The van der Waals surface area contributed by atoms with Crippen LogP contribution in [0.3, 0.4) is 0 Å². The number of nitrogens with zero attached hydrogens (tertiary/aromatic N) is 4. The first-order valence-corrected chi connectivity index (χ1v) is 11.7. The molecule has 0 aliphatic carbocycles. The molecule has 9 heteroatoms. The molecule has 1 atom stereocenters. The molecule has 1 aromatic heterocycles. The monoisotopic (exact) mass is 526 g/mol. The molecule has 7 nitrogen and oxygen atoms in total. The number of aryl methyl sites for hydroxylation is 1. The third kappa shape index (κ3) is 3.78. The zero-order chi connectivity index (χ0) is 23.9. The van der Waals surface area contributed by atoms with E-state index in [0.717, 1.165) is 41.1 Å². The lowest BCUT2D eigenvalue weighted by Gasteiger charge is -2.39. The Morgan fingerprint density at radius 1 is 1.29 bits per heavy atom.